The molecule has 0 amide bonds. The minimum atomic E-state index is -0.0474. The van der Waals surface area contributed by atoms with Crippen molar-refractivity contribution in [3.8, 4) is 5.75 Å². The average molecular weight is 390 g/mol. The van der Waals surface area contributed by atoms with Crippen molar-refractivity contribution in [3.05, 3.63) is 46.5 Å². The number of rotatable bonds is 3. The molecular formula is C22H32ClN3O. The minimum Gasteiger partial charge on any atom is -0.505 e. The number of phenols is 1. The highest BCUT2D eigenvalue weighted by Crippen LogP contribution is 2.40. The van der Waals surface area contributed by atoms with Crippen molar-refractivity contribution in [2.75, 3.05) is 5.73 Å². The second-order valence-electron chi connectivity index (χ2n) is 8.54. The monoisotopic (exact) mass is 389 g/mol. The van der Waals surface area contributed by atoms with Gasteiger partial charge in [-0.3, -0.25) is 10.8 Å². The van der Waals surface area contributed by atoms with Crippen LogP contribution in [0.3, 0.4) is 0 Å². The SMILES string of the molecule is CCCC(C)(C)c1cc(C(C)(C)C)cc(N)c1O.N=C1C=CC(Cl)=CC1=N. The van der Waals surface area contributed by atoms with Gasteiger partial charge in [-0.15, -0.1) is 0 Å². The van der Waals surface area contributed by atoms with Crippen LogP contribution in [-0.2, 0) is 10.8 Å². The average Bonchev–Trinajstić information content (AvgIpc) is 2.53. The lowest BCUT2D eigenvalue weighted by atomic mass is 9.76. The van der Waals surface area contributed by atoms with Crippen LogP contribution in [0.4, 0.5) is 5.69 Å². The predicted molar refractivity (Wildman–Crippen MR) is 118 cm³/mol. The van der Waals surface area contributed by atoms with E-state index in [0.29, 0.717) is 10.7 Å². The molecule has 0 unspecified atom stereocenters. The molecule has 1 aromatic rings. The highest BCUT2D eigenvalue weighted by atomic mass is 35.5. The smallest absolute Gasteiger partial charge is 0.142 e. The third-order valence-electron chi connectivity index (χ3n) is 4.59. The Bertz CT molecular complexity index is 783. The summed E-state index contributed by atoms with van der Waals surface area (Å²) < 4.78 is 0. The quantitative estimate of drug-likeness (QED) is 0.287. The van der Waals surface area contributed by atoms with Crippen molar-refractivity contribution in [2.45, 2.75) is 65.2 Å². The first-order valence-electron chi connectivity index (χ1n) is 9.15. The molecular weight excluding hydrogens is 358 g/mol. The lowest BCUT2D eigenvalue weighted by Gasteiger charge is -2.29. The van der Waals surface area contributed by atoms with Gasteiger partial charge in [0, 0.05) is 10.6 Å². The van der Waals surface area contributed by atoms with Crippen molar-refractivity contribution in [1.82, 2.24) is 0 Å². The van der Waals surface area contributed by atoms with Gasteiger partial charge in [0.2, 0.25) is 0 Å². The van der Waals surface area contributed by atoms with E-state index in [1.807, 2.05) is 6.07 Å². The fraction of sp³-hybridized carbons (Fsp3) is 0.455. The Balaban J connectivity index is 0.000000337. The zero-order chi connectivity index (χ0) is 21.0. The van der Waals surface area contributed by atoms with Gasteiger partial charge in [0.1, 0.15) is 5.75 Å². The summed E-state index contributed by atoms with van der Waals surface area (Å²) in [4.78, 5) is 0. The Morgan fingerprint density at radius 2 is 1.63 bits per heavy atom. The Kier molecular flexibility index (Phi) is 7.44. The van der Waals surface area contributed by atoms with E-state index in [4.69, 9.17) is 28.2 Å². The maximum absolute atomic E-state index is 10.2. The Morgan fingerprint density at radius 1 is 1.04 bits per heavy atom. The highest BCUT2D eigenvalue weighted by Gasteiger charge is 2.27. The van der Waals surface area contributed by atoms with Gasteiger partial charge in [-0.25, -0.2) is 0 Å². The minimum absolute atomic E-state index is 0.0405. The summed E-state index contributed by atoms with van der Waals surface area (Å²) in [5.74, 6) is 0.251. The number of hydrogen-bond acceptors (Lipinski definition) is 4. The van der Waals surface area contributed by atoms with E-state index in [1.165, 1.54) is 17.7 Å². The molecule has 1 aliphatic carbocycles. The summed E-state index contributed by atoms with van der Waals surface area (Å²) in [7, 11) is 0. The molecule has 1 aliphatic rings. The van der Waals surface area contributed by atoms with Gasteiger partial charge in [0.05, 0.1) is 17.1 Å². The molecule has 0 saturated carbocycles. The van der Waals surface area contributed by atoms with E-state index in [1.54, 1.807) is 6.08 Å². The van der Waals surface area contributed by atoms with E-state index < -0.39 is 0 Å². The summed E-state index contributed by atoms with van der Waals surface area (Å²) in [6.45, 7) is 13.0. The molecule has 27 heavy (non-hydrogen) atoms. The number of phenolic OH excluding ortho intramolecular Hbond substituents is 1. The molecule has 1 aromatic carbocycles. The maximum Gasteiger partial charge on any atom is 0.142 e. The second-order valence-corrected chi connectivity index (χ2v) is 8.97. The summed E-state index contributed by atoms with van der Waals surface area (Å²) in [5, 5.41) is 24.9. The lowest BCUT2D eigenvalue weighted by molar-refractivity contribution is 0.417. The molecule has 0 radical (unpaired) electrons. The molecule has 0 heterocycles. The third-order valence-corrected chi connectivity index (χ3v) is 4.83. The first-order valence-corrected chi connectivity index (χ1v) is 9.53. The molecule has 0 saturated heterocycles. The van der Waals surface area contributed by atoms with E-state index in [-0.39, 0.29) is 28.0 Å². The van der Waals surface area contributed by atoms with Crippen molar-refractivity contribution in [3.63, 3.8) is 0 Å². The summed E-state index contributed by atoms with van der Waals surface area (Å²) in [5.41, 5.74) is 8.96. The zero-order valence-electron chi connectivity index (χ0n) is 17.2. The van der Waals surface area contributed by atoms with E-state index in [0.717, 1.165) is 18.4 Å². The van der Waals surface area contributed by atoms with Crippen LogP contribution in [0.15, 0.2) is 35.4 Å². The van der Waals surface area contributed by atoms with Crippen LogP contribution >= 0.6 is 11.6 Å². The molecule has 4 nitrogen and oxygen atoms in total. The maximum atomic E-state index is 10.2. The van der Waals surface area contributed by atoms with Crippen molar-refractivity contribution < 1.29 is 5.11 Å². The Hall–Kier alpha value is -2.07. The van der Waals surface area contributed by atoms with Gasteiger partial charge < -0.3 is 10.8 Å². The number of nitrogens with two attached hydrogens (primary N) is 1. The normalized spacial score (nSPS) is 14.6. The number of nitrogens with one attached hydrogen (secondary N) is 2. The van der Waals surface area contributed by atoms with Crippen molar-refractivity contribution in [1.29, 1.82) is 10.8 Å². The second kappa shape index (κ2) is 8.75. The van der Waals surface area contributed by atoms with Gasteiger partial charge >= 0.3 is 0 Å². The van der Waals surface area contributed by atoms with Crippen LogP contribution in [0, 0.1) is 10.8 Å². The number of halogens is 1. The molecule has 5 N–H and O–H groups in total. The van der Waals surface area contributed by atoms with Crippen LogP contribution in [0.2, 0.25) is 0 Å². The molecule has 0 spiro atoms. The standard InChI is InChI=1S/C16H27NO.C6H5ClN2/c1-7-8-16(5,6)12-9-11(15(2,3)4)10-13(17)14(12)18;7-4-1-2-5(8)6(9)3-4/h9-10,18H,7-8,17H2,1-6H3;1-3,8-9H. The number of aromatic hydroxyl groups is 1. The first-order chi connectivity index (χ1) is 12.3. The predicted octanol–water partition coefficient (Wildman–Crippen LogP) is 6.07. The van der Waals surface area contributed by atoms with Crippen LogP contribution in [0.5, 0.6) is 5.75 Å². The molecule has 148 valence electrons. The largest absolute Gasteiger partial charge is 0.505 e. The Labute approximate surface area is 168 Å². The fourth-order valence-corrected chi connectivity index (χ4v) is 3.05. The summed E-state index contributed by atoms with van der Waals surface area (Å²) >= 11 is 5.51. The number of benzene rings is 1. The van der Waals surface area contributed by atoms with Gasteiger partial charge in [-0.2, -0.15) is 0 Å². The molecule has 5 heteroatoms. The highest BCUT2D eigenvalue weighted by molar-refractivity contribution is 6.51. The van der Waals surface area contributed by atoms with Gasteiger partial charge in [0.25, 0.3) is 0 Å². The molecule has 0 bridgehead atoms. The summed E-state index contributed by atoms with van der Waals surface area (Å²) in [6, 6.07) is 4.00. The van der Waals surface area contributed by atoms with Crippen LogP contribution in [0.25, 0.3) is 0 Å². The molecule has 2 rings (SSSR count). The first kappa shape index (κ1) is 23.0. The van der Waals surface area contributed by atoms with Gasteiger partial charge in [-0.05, 0) is 47.1 Å². The van der Waals surface area contributed by atoms with Crippen LogP contribution < -0.4 is 5.73 Å². The van der Waals surface area contributed by atoms with Crippen molar-refractivity contribution in [2.24, 2.45) is 0 Å². The fourth-order valence-electron chi connectivity index (χ4n) is 2.88. The third kappa shape index (κ3) is 6.24. The van der Waals surface area contributed by atoms with Gasteiger partial charge in [0.15, 0.2) is 0 Å². The summed E-state index contributed by atoms with van der Waals surface area (Å²) in [6.07, 6.45) is 6.68. The number of allylic oxidation sites excluding steroid dienone is 4. The lowest BCUT2D eigenvalue weighted by Crippen LogP contribution is -2.20. The number of hydrogen-bond donors (Lipinski definition) is 4. The number of nitrogen functional groups attached to an aromatic ring is 1. The molecule has 0 atom stereocenters. The topological polar surface area (TPSA) is 93.9 Å². The molecule has 0 aliphatic heterocycles. The van der Waals surface area contributed by atoms with Gasteiger partial charge in [-0.1, -0.05) is 65.6 Å². The number of anilines is 1. The van der Waals surface area contributed by atoms with Crippen molar-refractivity contribution >= 4 is 28.7 Å². The van der Waals surface area contributed by atoms with E-state index in [2.05, 4.69) is 47.6 Å². The van der Waals surface area contributed by atoms with Crippen LogP contribution in [-0.4, -0.2) is 16.5 Å². The molecule has 0 fully saturated rings. The Morgan fingerprint density at radius 3 is 2.07 bits per heavy atom. The van der Waals surface area contributed by atoms with E-state index >= 15 is 0 Å². The van der Waals surface area contributed by atoms with E-state index in [9.17, 15) is 5.11 Å². The van der Waals surface area contributed by atoms with Crippen LogP contribution in [0.1, 0.15) is 65.5 Å². The molecule has 0 aromatic heterocycles. The zero-order valence-corrected chi connectivity index (χ0v) is 18.0.